The van der Waals surface area contributed by atoms with Gasteiger partial charge in [0.25, 0.3) is 0 Å². The normalized spacial score (nSPS) is 35.7. The molecule has 0 radical (unpaired) electrons. The Morgan fingerprint density at radius 2 is 1.89 bits per heavy atom. The van der Waals surface area contributed by atoms with E-state index in [4.69, 9.17) is 10.5 Å². The quantitative estimate of drug-likeness (QED) is 0.874. The zero-order chi connectivity index (χ0) is 13.0. The lowest BCUT2D eigenvalue weighted by molar-refractivity contribution is 0.281. The monoisotopic (exact) mass is 260 g/mol. The van der Waals surface area contributed by atoms with Crippen molar-refractivity contribution in [1.29, 1.82) is 0 Å². The van der Waals surface area contributed by atoms with Gasteiger partial charge >= 0.3 is 0 Å². The van der Waals surface area contributed by atoms with Gasteiger partial charge in [-0.25, -0.2) is 0 Å². The SMILES string of the molecule is COc1cc(N2C[C@@H]3[C@@H]4CC[C@@H](C4)[C@@H]3C2)nc(N)n1. The van der Waals surface area contributed by atoms with E-state index >= 15 is 0 Å². The highest BCUT2D eigenvalue weighted by molar-refractivity contribution is 5.47. The maximum Gasteiger partial charge on any atom is 0.225 e. The minimum absolute atomic E-state index is 0.300. The van der Waals surface area contributed by atoms with Gasteiger partial charge in [-0.2, -0.15) is 9.97 Å². The van der Waals surface area contributed by atoms with Crippen molar-refractivity contribution in [3.63, 3.8) is 0 Å². The third kappa shape index (κ3) is 1.67. The van der Waals surface area contributed by atoms with E-state index in [0.29, 0.717) is 11.8 Å². The van der Waals surface area contributed by atoms with Crippen LogP contribution in [0.2, 0.25) is 0 Å². The standard InChI is InChI=1S/C14H20N4O/c1-19-13-5-12(16-14(15)17-13)18-6-10-8-2-3-9(4-8)11(10)7-18/h5,8-11H,2-4,6-7H2,1H3,(H2,15,16,17)/t8-,9+,10-,11+. The van der Waals surface area contributed by atoms with Crippen LogP contribution in [0, 0.1) is 23.7 Å². The Hall–Kier alpha value is -1.52. The van der Waals surface area contributed by atoms with Crippen LogP contribution in [-0.4, -0.2) is 30.2 Å². The fraction of sp³-hybridized carbons (Fsp3) is 0.714. The van der Waals surface area contributed by atoms with Crippen molar-refractivity contribution in [3.05, 3.63) is 6.07 Å². The number of nitrogen functional groups attached to an aromatic ring is 1. The molecule has 0 spiro atoms. The van der Waals surface area contributed by atoms with Crippen molar-refractivity contribution in [2.45, 2.75) is 19.3 Å². The van der Waals surface area contributed by atoms with Crippen molar-refractivity contribution in [2.24, 2.45) is 23.7 Å². The molecule has 5 nitrogen and oxygen atoms in total. The summed E-state index contributed by atoms with van der Waals surface area (Å²) in [5, 5.41) is 0. The number of methoxy groups -OCH3 is 1. The average Bonchev–Trinajstić information content (AvgIpc) is 3.09. The van der Waals surface area contributed by atoms with Gasteiger partial charge in [0.15, 0.2) is 0 Å². The molecule has 0 aromatic carbocycles. The highest BCUT2D eigenvalue weighted by Gasteiger charge is 2.51. The molecule has 2 aliphatic carbocycles. The number of nitrogens with two attached hydrogens (primary N) is 1. The van der Waals surface area contributed by atoms with Gasteiger partial charge in [-0.05, 0) is 42.9 Å². The Morgan fingerprint density at radius 1 is 1.21 bits per heavy atom. The van der Waals surface area contributed by atoms with Crippen LogP contribution < -0.4 is 15.4 Å². The summed E-state index contributed by atoms with van der Waals surface area (Å²) in [6.07, 6.45) is 4.35. The highest BCUT2D eigenvalue weighted by Crippen LogP contribution is 2.55. The molecule has 2 bridgehead atoms. The summed E-state index contributed by atoms with van der Waals surface area (Å²) in [5.41, 5.74) is 5.76. The van der Waals surface area contributed by atoms with Crippen molar-refractivity contribution in [3.8, 4) is 5.88 Å². The van der Waals surface area contributed by atoms with Crippen molar-refractivity contribution in [2.75, 3.05) is 30.8 Å². The Balaban J connectivity index is 1.60. The Labute approximate surface area is 113 Å². The van der Waals surface area contributed by atoms with Gasteiger partial charge in [0, 0.05) is 19.2 Å². The molecule has 0 unspecified atom stereocenters. The molecule has 19 heavy (non-hydrogen) atoms. The lowest BCUT2D eigenvalue weighted by atomic mass is 9.82. The molecular formula is C14H20N4O. The number of rotatable bonds is 2. The highest BCUT2D eigenvalue weighted by atomic mass is 16.5. The Kier molecular flexibility index (Phi) is 2.37. The number of aromatic nitrogens is 2. The van der Waals surface area contributed by atoms with E-state index in [1.165, 1.54) is 19.3 Å². The summed E-state index contributed by atoms with van der Waals surface area (Å²) in [5.74, 6) is 5.46. The first kappa shape index (κ1) is 11.3. The maximum absolute atomic E-state index is 5.76. The summed E-state index contributed by atoms with van der Waals surface area (Å²) in [4.78, 5) is 10.8. The minimum atomic E-state index is 0.300. The summed E-state index contributed by atoms with van der Waals surface area (Å²) in [6, 6.07) is 1.90. The molecule has 3 aliphatic rings. The van der Waals surface area contributed by atoms with Gasteiger partial charge in [-0.3, -0.25) is 0 Å². The van der Waals surface area contributed by atoms with E-state index in [0.717, 1.165) is 42.6 Å². The minimum Gasteiger partial charge on any atom is -0.481 e. The number of ether oxygens (including phenoxy) is 1. The van der Waals surface area contributed by atoms with E-state index in [2.05, 4.69) is 14.9 Å². The number of nitrogens with zero attached hydrogens (tertiary/aromatic N) is 3. The van der Waals surface area contributed by atoms with Gasteiger partial charge in [0.05, 0.1) is 7.11 Å². The molecule has 4 atom stereocenters. The Bertz CT molecular complexity index is 488. The van der Waals surface area contributed by atoms with Crippen LogP contribution in [0.3, 0.4) is 0 Å². The zero-order valence-electron chi connectivity index (χ0n) is 11.2. The molecule has 1 aromatic heterocycles. The molecular weight excluding hydrogens is 240 g/mol. The van der Waals surface area contributed by atoms with E-state index in [9.17, 15) is 0 Å². The van der Waals surface area contributed by atoms with Crippen molar-refractivity contribution < 1.29 is 4.74 Å². The van der Waals surface area contributed by atoms with E-state index in [1.54, 1.807) is 7.11 Å². The second-order valence-electron chi connectivity index (χ2n) is 6.19. The summed E-state index contributed by atoms with van der Waals surface area (Å²) < 4.78 is 5.19. The third-order valence-corrected chi connectivity index (χ3v) is 5.38. The predicted molar refractivity (Wildman–Crippen MR) is 73.0 cm³/mol. The Morgan fingerprint density at radius 3 is 2.53 bits per heavy atom. The maximum atomic E-state index is 5.76. The molecule has 2 heterocycles. The number of hydrogen-bond donors (Lipinski definition) is 1. The first-order chi connectivity index (χ1) is 9.24. The average molecular weight is 260 g/mol. The fourth-order valence-electron chi connectivity index (χ4n) is 4.57. The smallest absolute Gasteiger partial charge is 0.225 e. The van der Waals surface area contributed by atoms with Gasteiger partial charge in [0.2, 0.25) is 11.8 Å². The largest absolute Gasteiger partial charge is 0.481 e. The molecule has 5 heteroatoms. The predicted octanol–water partition coefficient (Wildman–Crippen LogP) is 1.55. The number of anilines is 2. The summed E-state index contributed by atoms with van der Waals surface area (Å²) >= 11 is 0. The van der Waals surface area contributed by atoms with E-state index in [1.807, 2.05) is 6.07 Å². The van der Waals surface area contributed by atoms with E-state index in [-0.39, 0.29) is 0 Å². The number of fused-ring (bicyclic) bond motifs is 5. The van der Waals surface area contributed by atoms with Crippen LogP contribution in [-0.2, 0) is 0 Å². The van der Waals surface area contributed by atoms with Crippen LogP contribution in [0.1, 0.15) is 19.3 Å². The molecule has 4 rings (SSSR count). The first-order valence-electron chi connectivity index (χ1n) is 7.18. The first-order valence-corrected chi connectivity index (χ1v) is 7.18. The molecule has 1 saturated heterocycles. The molecule has 102 valence electrons. The number of hydrogen-bond acceptors (Lipinski definition) is 5. The second-order valence-corrected chi connectivity index (χ2v) is 6.19. The molecule has 2 saturated carbocycles. The molecule has 1 aliphatic heterocycles. The van der Waals surface area contributed by atoms with Gasteiger partial charge in [-0.15, -0.1) is 0 Å². The van der Waals surface area contributed by atoms with Gasteiger partial charge in [0.1, 0.15) is 5.82 Å². The van der Waals surface area contributed by atoms with Crippen LogP contribution in [0.15, 0.2) is 6.07 Å². The molecule has 3 fully saturated rings. The molecule has 2 N–H and O–H groups in total. The summed E-state index contributed by atoms with van der Waals surface area (Å²) in [7, 11) is 1.62. The zero-order valence-corrected chi connectivity index (χ0v) is 11.2. The van der Waals surface area contributed by atoms with Crippen molar-refractivity contribution in [1.82, 2.24) is 9.97 Å². The van der Waals surface area contributed by atoms with Gasteiger partial charge in [-0.1, -0.05) is 0 Å². The third-order valence-electron chi connectivity index (χ3n) is 5.38. The molecule has 0 amide bonds. The topological polar surface area (TPSA) is 64.3 Å². The van der Waals surface area contributed by atoms with Crippen LogP contribution in [0.25, 0.3) is 0 Å². The van der Waals surface area contributed by atoms with Gasteiger partial charge < -0.3 is 15.4 Å². The lowest BCUT2D eigenvalue weighted by Crippen LogP contribution is -2.23. The second kappa shape index (κ2) is 3.99. The van der Waals surface area contributed by atoms with Crippen molar-refractivity contribution >= 4 is 11.8 Å². The lowest BCUT2D eigenvalue weighted by Gasteiger charge is -2.22. The van der Waals surface area contributed by atoms with Crippen LogP contribution in [0.5, 0.6) is 5.88 Å². The fourth-order valence-corrected chi connectivity index (χ4v) is 4.57. The molecule has 1 aromatic rings. The van der Waals surface area contributed by atoms with Crippen LogP contribution >= 0.6 is 0 Å². The summed E-state index contributed by atoms with van der Waals surface area (Å²) in [6.45, 7) is 2.26. The van der Waals surface area contributed by atoms with E-state index < -0.39 is 0 Å². The van der Waals surface area contributed by atoms with Crippen LogP contribution in [0.4, 0.5) is 11.8 Å².